The zero-order valence-corrected chi connectivity index (χ0v) is 21.9. The van der Waals surface area contributed by atoms with Gasteiger partial charge in [-0.15, -0.1) is 0 Å². The van der Waals surface area contributed by atoms with Gasteiger partial charge >= 0.3 is 22.4 Å². The van der Waals surface area contributed by atoms with E-state index in [1.807, 2.05) is 0 Å². The third-order valence-electron chi connectivity index (χ3n) is 5.46. The largest absolute Gasteiger partial charge is 1.00 e. The Balaban J connectivity index is 0.000000975. The van der Waals surface area contributed by atoms with E-state index in [0.29, 0.717) is 0 Å². The number of hydrogen-bond acceptors (Lipinski definition) is 11. The molecule has 2 saturated heterocycles. The summed E-state index contributed by atoms with van der Waals surface area (Å²) in [7, 11) is 0.137. The van der Waals surface area contributed by atoms with Gasteiger partial charge in [0.2, 0.25) is 0 Å². The average Bonchev–Trinajstić information content (AvgIpc) is 2.75. The van der Waals surface area contributed by atoms with Crippen LogP contribution in [0.3, 0.4) is 0 Å². The van der Waals surface area contributed by atoms with Gasteiger partial charge in [0.25, 0.3) is 0 Å². The first-order chi connectivity index (χ1) is 14.2. The van der Waals surface area contributed by atoms with Crippen molar-refractivity contribution >= 4 is 20.6 Å². The fourth-order valence-electron chi connectivity index (χ4n) is 3.31. The van der Waals surface area contributed by atoms with E-state index in [2.05, 4.69) is 20.8 Å². The van der Waals surface area contributed by atoms with Crippen LogP contribution in [0.15, 0.2) is 0 Å². The van der Waals surface area contributed by atoms with Crippen molar-refractivity contribution in [1.82, 2.24) is 0 Å². The number of ether oxygens (including phenoxy) is 3. The Morgan fingerprint density at radius 2 is 1.26 bits per heavy atom. The first kappa shape index (κ1) is 32.1. The summed E-state index contributed by atoms with van der Waals surface area (Å²) in [6.45, 7) is 5.69. The van der Waals surface area contributed by atoms with Gasteiger partial charge < -0.3 is 62.6 Å². The molecule has 0 aromatic carbocycles. The fraction of sp³-hybridized carbons (Fsp3) is 1.00. The van der Waals surface area contributed by atoms with E-state index in [-0.39, 0.29) is 30.3 Å². The summed E-state index contributed by atoms with van der Waals surface area (Å²) < 4.78 is 15.6. The van der Waals surface area contributed by atoms with Gasteiger partial charge in [-0.3, -0.25) is 0 Å². The minimum Gasteiger partial charge on any atom is -0.759 e. The van der Waals surface area contributed by atoms with Gasteiger partial charge in [0.15, 0.2) is 6.29 Å². The van der Waals surface area contributed by atoms with Crippen LogP contribution in [-0.4, -0.2) is 128 Å². The van der Waals surface area contributed by atoms with E-state index in [9.17, 15) is 30.6 Å². The van der Waals surface area contributed by atoms with E-state index in [0.717, 1.165) is 0 Å². The molecule has 0 aromatic heterocycles. The molecule has 10 atom stereocenters. The van der Waals surface area contributed by atoms with Crippen LogP contribution in [0.5, 0.6) is 0 Å². The van der Waals surface area contributed by atoms with Gasteiger partial charge in [0, 0.05) is 0 Å². The summed E-state index contributed by atoms with van der Waals surface area (Å²) in [4.78, 5) is 0. The second-order valence-corrected chi connectivity index (χ2v) is 11.4. The van der Waals surface area contributed by atoms with E-state index < -0.39 is 73.8 Å². The standard InChI is InChI=1S/C12H22O10S.C6H15P.Au/c13-1-3-5(15)6(16)8(18)11(20-3)22-10-4(2-14)21-12(23)9(19)7(10)17;1-4-7(5-2)6-3;/h3-19,23H,1-2H2;4-6H2,1-3H3;/q;;+1/t3?,4?,5-,6+,7-,8?,9?,10-,11-,12+;;/m1../s1. The van der Waals surface area contributed by atoms with Crippen LogP contribution in [0.1, 0.15) is 20.8 Å². The van der Waals surface area contributed by atoms with Gasteiger partial charge in [0.05, 0.1) is 37.8 Å². The van der Waals surface area contributed by atoms with Crippen LogP contribution in [0.4, 0.5) is 0 Å². The maximum Gasteiger partial charge on any atom is 1.00 e. The Morgan fingerprint density at radius 1 is 0.742 bits per heavy atom. The Kier molecular flexibility index (Phi) is 16.5. The average molecular weight is 673 g/mol. The zero-order valence-electron chi connectivity index (χ0n) is 17.9. The molecule has 0 aromatic rings. The number of aliphatic hydroxyl groups excluding tert-OH is 7. The van der Waals surface area contributed by atoms with Gasteiger partial charge in [-0.2, -0.15) is 0 Å². The Morgan fingerprint density at radius 3 is 1.68 bits per heavy atom. The molecule has 0 saturated carbocycles. The Hall–Kier alpha value is 1.12. The number of rotatable bonds is 7. The molecule has 2 rings (SSSR count). The SMILES string of the molecule is CC[PH+](CC)CC.OCC1O[C@H](O[C@@H]2C(CO)O[C@@H]([S-])C(O)[C@H]2O)C(O)[C@@H](O)[C@@H]1O.[Au+]. The summed E-state index contributed by atoms with van der Waals surface area (Å²) in [5, 5.41) is 67.5. The maximum atomic E-state index is 10.0. The molecule has 0 aliphatic carbocycles. The Labute approximate surface area is 205 Å². The smallest absolute Gasteiger partial charge is 0.759 e. The molecule has 0 bridgehead atoms. The van der Waals surface area contributed by atoms with Gasteiger partial charge in [0.1, 0.15) is 42.7 Å². The van der Waals surface area contributed by atoms with Gasteiger partial charge in [-0.1, -0.05) is 0 Å². The topological polar surface area (TPSA) is 169 Å². The van der Waals surface area contributed by atoms with Crippen LogP contribution >= 0.6 is 7.92 Å². The van der Waals surface area contributed by atoms with E-state index >= 15 is 0 Å². The molecule has 13 heteroatoms. The van der Waals surface area contributed by atoms with Crippen LogP contribution in [0.25, 0.3) is 0 Å². The molecule has 2 aliphatic rings. The van der Waals surface area contributed by atoms with Crippen LogP contribution in [0.2, 0.25) is 0 Å². The summed E-state index contributed by atoms with van der Waals surface area (Å²) in [6.07, 6.45) is -8.65. The van der Waals surface area contributed by atoms with Crippen LogP contribution in [0, 0.1) is 0 Å². The van der Waals surface area contributed by atoms with Crippen molar-refractivity contribution in [2.45, 2.75) is 81.3 Å². The quantitative estimate of drug-likeness (QED) is 0.0861. The third-order valence-corrected chi connectivity index (χ3v) is 8.85. The first-order valence-electron chi connectivity index (χ1n) is 10.2. The summed E-state index contributed by atoms with van der Waals surface area (Å²) >= 11 is 4.80. The van der Waals surface area contributed by atoms with Crippen molar-refractivity contribution in [2.75, 3.05) is 31.7 Å². The molecule has 190 valence electrons. The second-order valence-electron chi connectivity index (χ2n) is 7.32. The van der Waals surface area contributed by atoms with Crippen molar-refractivity contribution in [3.8, 4) is 0 Å². The predicted octanol–water partition coefficient (Wildman–Crippen LogP) is -2.58. The molecular formula is C18H37AuO10PS+. The molecule has 31 heavy (non-hydrogen) atoms. The van der Waals surface area contributed by atoms with Gasteiger partial charge in [-0.05, 0) is 34.1 Å². The van der Waals surface area contributed by atoms with Crippen LogP contribution < -0.4 is 0 Å². The maximum absolute atomic E-state index is 10.0. The molecule has 2 aliphatic heterocycles. The first-order valence-corrected chi connectivity index (χ1v) is 12.8. The molecule has 7 N–H and O–H groups in total. The Bertz CT molecular complexity index is 471. The van der Waals surface area contributed by atoms with Crippen molar-refractivity contribution in [1.29, 1.82) is 0 Å². The minimum absolute atomic E-state index is 0. The third kappa shape index (κ3) is 8.69. The van der Waals surface area contributed by atoms with Crippen molar-refractivity contribution in [3.05, 3.63) is 0 Å². The zero-order chi connectivity index (χ0) is 23.0. The normalized spacial score (nSPS) is 40.6. The van der Waals surface area contributed by atoms with Crippen molar-refractivity contribution in [2.24, 2.45) is 0 Å². The summed E-state index contributed by atoms with van der Waals surface area (Å²) in [6, 6.07) is 0. The molecule has 0 amide bonds. The fourth-order valence-corrected chi connectivity index (χ4v) is 5.11. The van der Waals surface area contributed by atoms with Crippen molar-refractivity contribution in [3.63, 3.8) is 0 Å². The van der Waals surface area contributed by atoms with E-state index in [1.54, 1.807) is 0 Å². The van der Waals surface area contributed by atoms with Crippen LogP contribution in [-0.2, 0) is 49.2 Å². The second kappa shape index (κ2) is 15.9. The molecule has 2 heterocycles. The predicted molar refractivity (Wildman–Crippen MR) is 114 cm³/mol. The van der Waals surface area contributed by atoms with E-state index in [4.69, 9.17) is 31.9 Å². The van der Waals surface area contributed by atoms with Crippen molar-refractivity contribution < 1.29 is 72.3 Å². The van der Waals surface area contributed by atoms with Gasteiger partial charge in [-0.25, -0.2) is 0 Å². The number of hydrogen-bond donors (Lipinski definition) is 7. The molecular weight excluding hydrogens is 636 g/mol. The molecule has 2 fully saturated rings. The summed E-state index contributed by atoms with van der Waals surface area (Å²) in [5.41, 5.74) is -1.16. The molecule has 0 spiro atoms. The monoisotopic (exact) mass is 673 g/mol. The molecule has 0 radical (unpaired) electrons. The molecule has 4 unspecified atom stereocenters. The minimum atomic E-state index is -1.68. The van der Waals surface area contributed by atoms with E-state index in [1.165, 1.54) is 18.5 Å². The number of aliphatic hydroxyl groups is 7. The summed E-state index contributed by atoms with van der Waals surface area (Å²) in [5.74, 6) is 0. The molecule has 10 nitrogen and oxygen atoms in total.